The minimum atomic E-state index is -0.367. The highest BCUT2D eigenvalue weighted by Crippen LogP contribution is 2.26. The first kappa shape index (κ1) is 21.0. The second-order valence-corrected chi connectivity index (χ2v) is 8.29. The monoisotopic (exact) mass is 427 g/mol. The number of aromatic amines is 1. The molecule has 4 N–H and O–H groups in total. The van der Waals surface area contributed by atoms with Gasteiger partial charge in [-0.25, -0.2) is 14.2 Å². The number of rotatable bonds is 6. The molecule has 0 bridgehead atoms. The van der Waals surface area contributed by atoms with Gasteiger partial charge in [-0.05, 0) is 38.1 Å². The summed E-state index contributed by atoms with van der Waals surface area (Å²) < 4.78 is 13.0. The van der Waals surface area contributed by atoms with Crippen molar-refractivity contribution < 1.29 is 9.18 Å². The number of aromatic nitrogens is 2. The van der Waals surface area contributed by atoms with E-state index in [1.165, 1.54) is 24.3 Å². The van der Waals surface area contributed by atoms with E-state index < -0.39 is 0 Å². The van der Waals surface area contributed by atoms with Crippen LogP contribution in [0.1, 0.15) is 31.2 Å². The molecule has 0 radical (unpaired) electrons. The maximum absolute atomic E-state index is 13.0. The quantitative estimate of drug-likeness (QED) is 0.527. The molecule has 3 heterocycles. The number of hydrogen-bond acceptors (Lipinski definition) is 6. The zero-order chi connectivity index (χ0) is 22.1. The molecule has 2 aromatic rings. The summed E-state index contributed by atoms with van der Waals surface area (Å²) in [5.74, 6) is 0.453. The number of H-pyrrole nitrogens is 1. The van der Waals surface area contributed by atoms with Crippen molar-refractivity contribution in [1.29, 1.82) is 5.41 Å². The Morgan fingerprint density at radius 1 is 1.26 bits per heavy atom. The smallest absolute Gasteiger partial charge is 0.321 e. The van der Waals surface area contributed by atoms with Crippen molar-refractivity contribution in [1.82, 2.24) is 19.8 Å². The van der Waals surface area contributed by atoms with Crippen LogP contribution in [0.2, 0.25) is 0 Å². The fourth-order valence-corrected chi connectivity index (χ4v) is 3.71. The molecular formula is C21H26FN7O2. The van der Waals surface area contributed by atoms with E-state index in [2.05, 4.69) is 39.3 Å². The lowest BCUT2D eigenvalue weighted by Gasteiger charge is -2.42. The van der Waals surface area contributed by atoms with E-state index in [1.54, 1.807) is 4.90 Å². The molecule has 31 heavy (non-hydrogen) atoms. The van der Waals surface area contributed by atoms with Gasteiger partial charge in [0.1, 0.15) is 17.5 Å². The molecule has 2 aliphatic rings. The zero-order valence-corrected chi connectivity index (χ0v) is 17.5. The van der Waals surface area contributed by atoms with Crippen LogP contribution < -0.4 is 16.2 Å². The standard InChI is InChI=1S/C21H26FN7O2/c1-12(2)28-10-16(11-28)24-19-17(7-23)20(30)27-18(26-19)13-8-29(9-13)21(31)25-15-5-3-14(22)4-6-15/h3-7,12-13,16,23H,8-11H2,1-2H3,(H,25,31)(H2,24,26,27,30). The zero-order valence-electron chi connectivity index (χ0n) is 17.5. The second kappa shape index (κ2) is 8.46. The molecule has 0 aliphatic carbocycles. The van der Waals surface area contributed by atoms with E-state index in [-0.39, 0.29) is 34.9 Å². The lowest BCUT2D eigenvalue weighted by Crippen LogP contribution is -2.57. The number of carbonyl (C=O) groups excluding carboxylic acids is 1. The molecular weight excluding hydrogens is 401 g/mol. The number of carbonyl (C=O) groups is 1. The van der Waals surface area contributed by atoms with Gasteiger partial charge in [0.25, 0.3) is 5.56 Å². The second-order valence-electron chi connectivity index (χ2n) is 8.29. The molecule has 2 saturated heterocycles. The van der Waals surface area contributed by atoms with Crippen LogP contribution >= 0.6 is 0 Å². The Labute approximate surface area is 179 Å². The van der Waals surface area contributed by atoms with Crippen LogP contribution in [0.5, 0.6) is 0 Å². The Balaban J connectivity index is 1.39. The van der Waals surface area contributed by atoms with Crippen molar-refractivity contribution in [2.75, 3.05) is 36.8 Å². The molecule has 0 atom stereocenters. The van der Waals surface area contributed by atoms with Crippen LogP contribution in [0.15, 0.2) is 29.1 Å². The summed E-state index contributed by atoms with van der Waals surface area (Å²) in [5, 5.41) is 13.6. The number of benzene rings is 1. The predicted octanol–water partition coefficient (Wildman–Crippen LogP) is 2.04. The minimum absolute atomic E-state index is 0.0967. The summed E-state index contributed by atoms with van der Waals surface area (Å²) >= 11 is 0. The van der Waals surface area contributed by atoms with E-state index >= 15 is 0 Å². The maximum atomic E-state index is 13.0. The molecule has 1 aromatic carbocycles. The van der Waals surface area contributed by atoms with Crippen LogP contribution in [0, 0.1) is 11.2 Å². The predicted molar refractivity (Wildman–Crippen MR) is 117 cm³/mol. The molecule has 0 unspecified atom stereocenters. The van der Waals surface area contributed by atoms with E-state index in [4.69, 9.17) is 5.41 Å². The third-order valence-corrected chi connectivity index (χ3v) is 5.75. The summed E-state index contributed by atoms with van der Waals surface area (Å²) in [5.41, 5.74) is 0.355. The highest BCUT2D eigenvalue weighted by Gasteiger charge is 2.35. The normalized spacial score (nSPS) is 17.2. The number of likely N-dealkylation sites (tertiary alicyclic amines) is 2. The van der Waals surface area contributed by atoms with E-state index in [9.17, 15) is 14.0 Å². The Hall–Kier alpha value is -3.27. The van der Waals surface area contributed by atoms with E-state index in [1.807, 2.05) is 0 Å². The molecule has 2 amide bonds. The number of nitrogens with zero attached hydrogens (tertiary/aromatic N) is 3. The maximum Gasteiger partial charge on any atom is 0.321 e. The van der Waals surface area contributed by atoms with Gasteiger partial charge < -0.3 is 25.9 Å². The number of urea groups is 1. The summed E-state index contributed by atoms with van der Waals surface area (Å²) in [6.45, 7) is 6.81. The summed E-state index contributed by atoms with van der Waals surface area (Å²) in [7, 11) is 0. The molecule has 0 spiro atoms. The lowest BCUT2D eigenvalue weighted by molar-refractivity contribution is 0.122. The molecule has 2 fully saturated rings. The Bertz CT molecular complexity index is 1030. The van der Waals surface area contributed by atoms with Crippen molar-refractivity contribution in [3.05, 3.63) is 51.8 Å². The van der Waals surface area contributed by atoms with Crippen LogP contribution in [-0.4, -0.2) is 70.3 Å². The van der Waals surface area contributed by atoms with Gasteiger partial charge in [-0.15, -0.1) is 0 Å². The lowest BCUT2D eigenvalue weighted by atomic mass is 9.99. The summed E-state index contributed by atoms with van der Waals surface area (Å²) in [4.78, 5) is 36.0. The van der Waals surface area contributed by atoms with E-state index in [0.717, 1.165) is 19.3 Å². The summed E-state index contributed by atoms with van der Waals surface area (Å²) in [6.07, 6.45) is 1.01. The molecule has 4 rings (SSSR count). The SMILES string of the molecule is CC(C)N1CC(Nc2nc(C3CN(C(=O)Nc4ccc(F)cc4)C3)[nH]c(=O)c2C=N)C1. The first-order valence-corrected chi connectivity index (χ1v) is 10.3. The Kier molecular flexibility index (Phi) is 5.73. The number of nitrogens with one attached hydrogen (secondary N) is 4. The molecule has 0 saturated carbocycles. The largest absolute Gasteiger partial charge is 0.364 e. The van der Waals surface area contributed by atoms with Crippen LogP contribution in [-0.2, 0) is 0 Å². The molecule has 10 heteroatoms. The van der Waals surface area contributed by atoms with Gasteiger partial charge in [0.05, 0.1) is 17.5 Å². The van der Waals surface area contributed by atoms with Crippen molar-refractivity contribution >= 4 is 23.8 Å². The van der Waals surface area contributed by atoms with Crippen molar-refractivity contribution in [2.45, 2.75) is 31.8 Å². The highest BCUT2D eigenvalue weighted by atomic mass is 19.1. The molecule has 164 valence electrons. The first-order chi connectivity index (χ1) is 14.8. The number of amides is 2. The van der Waals surface area contributed by atoms with Gasteiger partial charge in [-0.1, -0.05) is 0 Å². The highest BCUT2D eigenvalue weighted by molar-refractivity contribution is 5.90. The average Bonchev–Trinajstić information content (AvgIpc) is 2.64. The van der Waals surface area contributed by atoms with Gasteiger partial charge in [0.15, 0.2) is 0 Å². The number of hydrogen-bond donors (Lipinski definition) is 4. The van der Waals surface area contributed by atoms with Crippen molar-refractivity contribution in [3.63, 3.8) is 0 Å². The van der Waals surface area contributed by atoms with E-state index in [0.29, 0.717) is 36.5 Å². The van der Waals surface area contributed by atoms with Gasteiger partial charge in [0.2, 0.25) is 0 Å². The first-order valence-electron chi connectivity index (χ1n) is 10.3. The average molecular weight is 427 g/mol. The van der Waals surface area contributed by atoms with Crippen LogP contribution in [0.25, 0.3) is 0 Å². The molecule has 9 nitrogen and oxygen atoms in total. The van der Waals surface area contributed by atoms with Crippen LogP contribution in [0.4, 0.5) is 20.7 Å². The van der Waals surface area contributed by atoms with Crippen molar-refractivity contribution in [3.8, 4) is 0 Å². The molecule has 1 aromatic heterocycles. The summed E-state index contributed by atoms with van der Waals surface area (Å²) in [6, 6.07) is 5.92. The van der Waals surface area contributed by atoms with Gasteiger partial charge in [-0.2, -0.15) is 0 Å². The van der Waals surface area contributed by atoms with Gasteiger partial charge >= 0.3 is 6.03 Å². The Morgan fingerprint density at radius 2 is 1.94 bits per heavy atom. The van der Waals surface area contributed by atoms with Gasteiger partial charge in [0, 0.05) is 44.1 Å². The van der Waals surface area contributed by atoms with Crippen LogP contribution in [0.3, 0.4) is 0 Å². The minimum Gasteiger partial charge on any atom is -0.364 e. The van der Waals surface area contributed by atoms with Crippen molar-refractivity contribution in [2.24, 2.45) is 0 Å². The Morgan fingerprint density at radius 3 is 2.55 bits per heavy atom. The fraction of sp³-hybridized carbons (Fsp3) is 0.429. The third kappa shape index (κ3) is 4.43. The number of anilines is 2. The fourth-order valence-electron chi connectivity index (χ4n) is 3.71. The molecule has 2 aliphatic heterocycles. The topological polar surface area (TPSA) is 117 Å². The number of halogens is 1. The van der Waals surface area contributed by atoms with Gasteiger partial charge in [-0.3, -0.25) is 9.69 Å². The third-order valence-electron chi connectivity index (χ3n) is 5.75.